The van der Waals surface area contributed by atoms with E-state index >= 15 is 0 Å². The van der Waals surface area contributed by atoms with E-state index in [0.29, 0.717) is 12.1 Å². The second kappa shape index (κ2) is 5.15. The summed E-state index contributed by atoms with van der Waals surface area (Å²) in [4.78, 5) is 13.5. The van der Waals surface area contributed by atoms with Crippen LogP contribution in [0, 0.1) is 0 Å². The normalized spacial score (nSPS) is 30.1. The number of likely N-dealkylation sites (N-methyl/N-ethyl adjacent to an activating group) is 1. The van der Waals surface area contributed by atoms with Crippen molar-refractivity contribution in [2.45, 2.75) is 50.8 Å². The molecule has 0 aromatic heterocycles. The summed E-state index contributed by atoms with van der Waals surface area (Å²) in [6.45, 7) is 3.30. The quantitative estimate of drug-likeness (QED) is 0.769. The van der Waals surface area contributed by atoms with Gasteiger partial charge in [0, 0.05) is 25.7 Å². The van der Waals surface area contributed by atoms with Crippen LogP contribution in [0.15, 0.2) is 0 Å². The highest BCUT2D eigenvalue weighted by Gasteiger charge is 2.30. The molecule has 2 rings (SSSR count). The van der Waals surface area contributed by atoms with Crippen molar-refractivity contribution in [3.63, 3.8) is 0 Å². The highest BCUT2D eigenvalue weighted by molar-refractivity contribution is 5.77. The van der Waals surface area contributed by atoms with Gasteiger partial charge in [-0.25, -0.2) is 0 Å². The summed E-state index contributed by atoms with van der Waals surface area (Å²) in [5, 5.41) is 3.37. The van der Waals surface area contributed by atoms with Gasteiger partial charge >= 0.3 is 0 Å². The molecule has 1 aliphatic heterocycles. The molecule has 0 radical (unpaired) electrons. The molecule has 2 fully saturated rings. The highest BCUT2D eigenvalue weighted by atomic mass is 16.5. The summed E-state index contributed by atoms with van der Waals surface area (Å²) < 4.78 is 5.64. The Balaban J connectivity index is 1.64. The first-order valence-corrected chi connectivity index (χ1v) is 6.27. The number of nitrogens with one attached hydrogen (secondary N) is 1. The number of carbonyl (C=O) groups is 1. The predicted octanol–water partition coefficient (Wildman–Crippen LogP) is 0.764. The van der Waals surface area contributed by atoms with Crippen LogP contribution in [0.2, 0.25) is 0 Å². The Morgan fingerprint density at radius 3 is 2.69 bits per heavy atom. The number of piperidine rings is 1. The van der Waals surface area contributed by atoms with Crippen molar-refractivity contribution in [2.24, 2.45) is 0 Å². The molecule has 92 valence electrons. The molecule has 16 heavy (non-hydrogen) atoms. The summed E-state index contributed by atoms with van der Waals surface area (Å²) in [7, 11) is 1.88. The van der Waals surface area contributed by atoms with Crippen LogP contribution in [0.1, 0.15) is 32.6 Å². The van der Waals surface area contributed by atoms with E-state index in [4.69, 9.17) is 4.74 Å². The second-order valence-corrected chi connectivity index (χ2v) is 5.06. The fourth-order valence-electron chi connectivity index (χ4n) is 2.07. The van der Waals surface area contributed by atoms with Gasteiger partial charge in [-0.1, -0.05) is 0 Å². The molecule has 1 heterocycles. The highest BCUT2D eigenvalue weighted by Crippen LogP contribution is 2.25. The third-order valence-electron chi connectivity index (χ3n) is 3.55. The van der Waals surface area contributed by atoms with E-state index in [1.165, 1.54) is 0 Å². The van der Waals surface area contributed by atoms with Gasteiger partial charge in [-0.2, -0.15) is 0 Å². The molecule has 1 saturated carbocycles. The number of rotatable bonds is 4. The van der Waals surface area contributed by atoms with Gasteiger partial charge in [0.2, 0.25) is 5.91 Å². The van der Waals surface area contributed by atoms with Crippen molar-refractivity contribution < 1.29 is 9.53 Å². The zero-order valence-corrected chi connectivity index (χ0v) is 10.2. The van der Waals surface area contributed by atoms with E-state index < -0.39 is 0 Å². The molecule has 1 N–H and O–H groups in total. The monoisotopic (exact) mass is 226 g/mol. The molecule has 0 aromatic rings. The maximum absolute atomic E-state index is 11.7. The Labute approximate surface area is 97.3 Å². The van der Waals surface area contributed by atoms with E-state index in [-0.39, 0.29) is 18.6 Å². The number of nitrogens with zero attached hydrogens (tertiary/aromatic N) is 1. The molecular formula is C12H22N2O2. The Hall–Kier alpha value is -0.610. The molecule has 2 atom stereocenters. The Bertz CT molecular complexity index is 245. The molecule has 1 aliphatic carbocycles. The van der Waals surface area contributed by atoms with Gasteiger partial charge < -0.3 is 15.0 Å². The van der Waals surface area contributed by atoms with E-state index in [1.54, 1.807) is 0 Å². The average Bonchev–Trinajstić information content (AvgIpc) is 3.11. The lowest BCUT2D eigenvalue weighted by Crippen LogP contribution is -2.42. The average molecular weight is 226 g/mol. The van der Waals surface area contributed by atoms with Gasteiger partial charge in [0.25, 0.3) is 0 Å². The summed E-state index contributed by atoms with van der Waals surface area (Å²) in [6.07, 6.45) is 4.73. The van der Waals surface area contributed by atoms with Crippen molar-refractivity contribution in [1.29, 1.82) is 0 Å². The van der Waals surface area contributed by atoms with Gasteiger partial charge in [-0.3, -0.25) is 4.79 Å². The minimum Gasteiger partial charge on any atom is -0.367 e. The summed E-state index contributed by atoms with van der Waals surface area (Å²) in [6, 6.07) is 1.07. The van der Waals surface area contributed by atoms with Crippen LogP contribution >= 0.6 is 0 Å². The van der Waals surface area contributed by atoms with Gasteiger partial charge in [0.15, 0.2) is 0 Å². The molecular weight excluding hydrogens is 204 g/mol. The molecule has 0 aromatic carbocycles. The van der Waals surface area contributed by atoms with Crippen LogP contribution in [0.25, 0.3) is 0 Å². The zero-order chi connectivity index (χ0) is 11.5. The number of ether oxygens (including phenoxy) is 1. The molecule has 2 unspecified atom stereocenters. The van der Waals surface area contributed by atoms with Crippen LogP contribution in [-0.2, 0) is 9.53 Å². The van der Waals surface area contributed by atoms with Crippen LogP contribution in [0.4, 0.5) is 0 Å². The van der Waals surface area contributed by atoms with E-state index in [9.17, 15) is 4.79 Å². The van der Waals surface area contributed by atoms with E-state index in [0.717, 1.165) is 32.2 Å². The minimum absolute atomic E-state index is 0.126. The summed E-state index contributed by atoms with van der Waals surface area (Å²) in [5.74, 6) is 0.126. The molecule has 4 nitrogen and oxygen atoms in total. The lowest BCUT2D eigenvalue weighted by molar-refractivity contribution is -0.137. The van der Waals surface area contributed by atoms with E-state index in [2.05, 4.69) is 12.2 Å². The van der Waals surface area contributed by atoms with Crippen molar-refractivity contribution in [3.05, 3.63) is 0 Å². The summed E-state index contributed by atoms with van der Waals surface area (Å²) >= 11 is 0. The van der Waals surface area contributed by atoms with Crippen LogP contribution < -0.4 is 5.32 Å². The van der Waals surface area contributed by atoms with Gasteiger partial charge in [0.05, 0.1) is 6.10 Å². The smallest absolute Gasteiger partial charge is 0.248 e. The van der Waals surface area contributed by atoms with Gasteiger partial charge in [-0.05, 0) is 32.6 Å². The van der Waals surface area contributed by atoms with Crippen molar-refractivity contribution in [3.8, 4) is 0 Å². The van der Waals surface area contributed by atoms with Crippen molar-refractivity contribution >= 4 is 5.91 Å². The topological polar surface area (TPSA) is 41.6 Å². The number of amides is 1. The molecule has 1 amide bonds. The van der Waals surface area contributed by atoms with E-state index in [1.807, 2.05) is 11.9 Å². The molecule has 4 heteroatoms. The first-order valence-electron chi connectivity index (χ1n) is 6.27. The number of hydrogen-bond donors (Lipinski definition) is 1. The first-order chi connectivity index (χ1) is 7.66. The minimum atomic E-state index is 0.126. The van der Waals surface area contributed by atoms with Gasteiger partial charge in [-0.15, -0.1) is 0 Å². The second-order valence-electron chi connectivity index (χ2n) is 5.06. The van der Waals surface area contributed by atoms with Crippen LogP contribution in [0.5, 0.6) is 0 Å². The third-order valence-corrected chi connectivity index (χ3v) is 3.55. The van der Waals surface area contributed by atoms with Crippen LogP contribution in [0.3, 0.4) is 0 Å². The third kappa shape index (κ3) is 3.19. The largest absolute Gasteiger partial charge is 0.367 e. The fourth-order valence-corrected chi connectivity index (χ4v) is 2.07. The molecule has 0 bridgehead atoms. The Kier molecular flexibility index (Phi) is 3.82. The maximum Gasteiger partial charge on any atom is 0.248 e. The maximum atomic E-state index is 11.7. The fraction of sp³-hybridized carbons (Fsp3) is 0.917. The lowest BCUT2D eigenvalue weighted by atomic mass is 10.0. The zero-order valence-electron chi connectivity index (χ0n) is 10.2. The van der Waals surface area contributed by atoms with Crippen LogP contribution in [-0.4, -0.2) is 49.2 Å². The standard InChI is InChI=1S/C12H22N2O2/c1-9-3-6-11(7-13-9)16-8-12(15)14(2)10-4-5-10/h9-11,13H,3-8H2,1-2H3. The van der Waals surface area contributed by atoms with Crippen molar-refractivity contribution in [1.82, 2.24) is 10.2 Å². The number of carbonyl (C=O) groups excluding carboxylic acids is 1. The number of hydrogen-bond acceptors (Lipinski definition) is 3. The molecule has 2 aliphatic rings. The lowest BCUT2D eigenvalue weighted by Gasteiger charge is -2.28. The predicted molar refractivity (Wildman–Crippen MR) is 62.2 cm³/mol. The van der Waals surface area contributed by atoms with Gasteiger partial charge in [0.1, 0.15) is 6.61 Å². The first kappa shape index (κ1) is 11.9. The Morgan fingerprint density at radius 2 is 2.12 bits per heavy atom. The van der Waals surface area contributed by atoms with Crippen molar-refractivity contribution in [2.75, 3.05) is 20.2 Å². The summed E-state index contributed by atoms with van der Waals surface area (Å²) in [5.41, 5.74) is 0. The molecule has 1 saturated heterocycles. The Morgan fingerprint density at radius 1 is 1.38 bits per heavy atom. The molecule has 0 spiro atoms. The SMILES string of the molecule is CC1CCC(OCC(=O)N(C)C2CC2)CN1.